The zero-order valence-corrected chi connectivity index (χ0v) is 16.9. The van der Waals surface area contributed by atoms with Gasteiger partial charge in [-0.3, -0.25) is 18.7 Å². The van der Waals surface area contributed by atoms with Crippen molar-refractivity contribution in [3.05, 3.63) is 45.5 Å². The van der Waals surface area contributed by atoms with Crippen LogP contribution in [0.15, 0.2) is 23.0 Å². The second-order valence-corrected chi connectivity index (χ2v) is 7.26. The molecule has 0 saturated heterocycles. The average molecular weight is 397 g/mol. The van der Waals surface area contributed by atoms with Crippen LogP contribution in [0.4, 0.5) is 5.82 Å². The summed E-state index contributed by atoms with van der Waals surface area (Å²) in [5.74, 6) is -0.238. The van der Waals surface area contributed by atoms with Crippen LogP contribution in [0.1, 0.15) is 36.1 Å². The summed E-state index contributed by atoms with van der Waals surface area (Å²) in [7, 11) is 3.47. The first-order chi connectivity index (χ1) is 13.8. The Balaban J connectivity index is 1.81. The molecular weight excluding hydrogens is 374 g/mol. The molecule has 9 nitrogen and oxygen atoms in total. The fraction of sp³-hybridized carbons (Fsp3) is 0.400. The first-order valence-corrected chi connectivity index (χ1v) is 9.50. The first-order valence-electron chi connectivity index (χ1n) is 9.50. The maximum atomic E-state index is 12.4. The number of ether oxygens (including phenoxy) is 1. The predicted molar refractivity (Wildman–Crippen MR) is 107 cm³/mol. The summed E-state index contributed by atoms with van der Waals surface area (Å²) in [4.78, 5) is 36.6. The van der Waals surface area contributed by atoms with E-state index in [1.165, 1.54) is 4.68 Å². The second kappa shape index (κ2) is 6.91. The molecule has 0 aliphatic carbocycles. The van der Waals surface area contributed by atoms with Crippen molar-refractivity contribution in [2.45, 2.75) is 32.7 Å². The van der Waals surface area contributed by atoms with Crippen molar-refractivity contribution >= 4 is 28.7 Å². The SMILES string of the molecule is CCOC(=O)Cn1nc(C)c2c1NC(=O)CC2c1ccc2c(c1)n(C)c(=O)n2C. The number of nitrogens with one attached hydrogen (secondary N) is 1. The number of hydrogen-bond donors (Lipinski definition) is 1. The summed E-state index contributed by atoms with van der Waals surface area (Å²) < 4.78 is 9.70. The molecule has 1 atom stereocenters. The second-order valence-electron chi connectivity index (χ2n) is 7.26. The monoisotopic (exact) mass is 397 g/mol. The number of carbonyl (C=O) groups is 2. The van der Waals surface area contributed by atoms with Crippen molar-refractivity contribution in [3.8, 4) is 0 Å². The van der Waals surface area contributed by atoms with Crippen LogP contribution in [0, 0.1) is 6.92 Å². The lowest BCUT2D eigenvalue weighted by atomic mass is 9.85. The Kier molecular flexibility index (Phi) is 4.52. The third kappa shape index (κ3) is 3.02. The summed E-state index contributed by atoms with van der Waals surface area (Å²) in [6.07, 6.45) is 0.269. The van der Waals surface area contributed by atoms with Crippen LogP contribution < -0.4 is 11.0 Å². The molecule has 1 N–H and O–H groups in total. The maximum absolute atomic E-state index is 12.4. The molecule has 1 aliphatic rings. The van der Waals surface area contributed by atoms with Crippen molar-refractivity contribution in [1.82, 2.24) is 18.9 Å². The number of benzene rings is 1. The lowest BCUT2D eigenvalue weighted by molar-refractivity contribution is -0.144. The van der Waals surface area contributed by atoms with Crippen molar-refractivity contribution in [2.24, 2.45) is 14.1 Å². The van der Waals surface area contributed by atoms with E-state index in [2.05, 4.69) is 10.4 Å². The number of amides is 1. The van der Waals surface area contributed by atoms with E-state index in [1.54, 1.807) is 30.2 Å². The molecule has 1 aliphatic heterocycles. The molecule has 0 spiro atoms. The van der Waals surface area contributed by atoms with Crippen molar-refractivity contribution < 1.29 is 14.3 Å². The highest BCUT2D eigenvalue weighted by atomic mass is 16.5. The molecule has 1 amide bonds. The number of imidazole rings is 1. The van der Waals surface area contributed by atoms with Gasteiger partial charge in [0.25, 0.3) is 0 Å². The van der Waals surface area contributed by atoms with E-state index in [4.69, 9.17) is 4.74 Å². The highest BCUT2D eigenvalue weighted by Gasteiger charge is 2.33. The van der Waals surface area contributed by atoms with E-state index in [0.717, 1.165) is 27.9 Å². The summed E-state index contributed by atoms with van der Waals surface area (Å²) >= 11 is 0. The van der Waals surface area contributed by atoms with E-state index in [0.29, 0.717) is 5.82 Å². The number of aromatic nitrogens is 4. The zero-order valence-electron chi connectivity index (χ0n) is 16.9. The minimum atomic E-state index is -0.408. The molecule has 3 heterocycles. The highest BCUT2D eigenvalue weighted by molar-refractivity contribution is 5.95. The van der Waals surface area contributed by atoms with Crippen LogP contribution in [-0.2, 0) is 35.0 Å². The molecule has 4 rings (SSSR count). The van der Waals surface area contributed by atoms with Gasteiger partial charge in [0, 0.05) is 32.0 Å². The van der Waals surface area contributed by atoms with E-state index in [1.807, 2.05) is 25.1 Å². The minimum absolute atomic E-state index is 0.0662. The topological polar surface area (TPSA) is 100 Å². The zero-order chi connectivity index (χ0) is 20.9. The third-order valence-corrected chi connectivity index (χ3v) is 5.45. The van der Waals surface area contributed by atoms with Gasteiger partial charge < -0.3 is 10.1 Å². The molecule has 3 aromatic rings. The Labute approximate surface area is 166 Å². The summed E-state index contributed by atoms with van der Waals surface area (Å²) in [6.45, 7) is 3.82. The van der Waals surface area contributed by atoms with E-state index >= 15 is 0 Å². The fourth-order valence-corrected chi connectivity index (χ4v) is 4.08. The van der Waals surface area contributed by atoms with E-state index in [-0.39, 0.29) is 37.1 Å². The molecule has 152 valence electrons. The molecule has 29 heavy (non-hydrogen) atoms. The van der Waals surface area contributed by atoms with Crippen LogP contribution in [0.25, 0.3) is 11.0 Å². The molecule has 0 fully saturated rings. The Hall–Kier alpha value is -3.36. The predicted octanol–water partition coefficient (Wildman–Crippen LogP) is 1.42. The molecule has 1 aromatic carbocycles. The van der Waals surface area contributed by atoms with Crippen LogP contribution in [-0.4, -0.2) is 37.4 Å². The van der Waals surface area contributed by atoms with Gasteiger partial charge in [0.2, 0.25) is 5.91 Å². The first kappa shape index (κ1) is 19.0. The summed E-state index contributed by atoms with van der Waals surface area (Å²) in [5.41, 5.74) is 4.09. The van der Waals surface area contributed by atoms with Gasteiger partial charge in [-0.1, -0.05) is 6.07 Å². The van der Waals surface area contributed by atoms with Crippen molar-refractivity contribution in [1.29, 1.82) is 0 Å². The largest absolute Gasteiger partial charge is 0.465 e. The number of carbonyl (C=O) groups excluding carboxylic acids is 2. The maximum Gasteiger partial charge on any atom is 0.328 e. The van der Waals surface area contributed by atoms with Crippen LogP contribution in [0.3, 0.4) is 0 Å². The van der Waals surface area contributed by atoms with Gasteiger partial charge >= 0.3 is 11.7 Å². The van der Waals surface area contributed by atoms with Crippen LogP contribution in [0.5, 0.6) is 0 Å². The number of nitrogens with zero attached hydrogens (tertiary/aromatic N) is 4. The molecular formula is C20H23N5O4. The van der Waals surface area contributed by atoms with Crippen molar-refractivity contribution in [2.75, 3.05) is 11.9 Å². The third-order valence-electron chi connectivity index (χ3n) is 5.45. The van der Waals surface area contributed by atoms with Crippen LogP contribution in [0.2, 0.25) is 0 Å². The molecule has 9 heteroatoms. The molecule has 2 aromatic heterocycles. The number of esters is 1. The van der Waals surface area contributed by atoms with Gasteiger partial charge in [-0.15, -0.1) is 0 Å². The lowest BCUT2D eigenvalue weighted by Gasteiger charge is -2.24. The molecule has 0 bridgehead atoms. The summed E-state index contributed by atoms with van der Waals surface area (Å²) in [5, 5.41) is 7.32. The lowest BCUT2D eigenvalue weighted by Crippen LogP contribution is -2.26. The fourth-order valence-electron chi connectivity index (χ4n) is 4.08. The van der Waals surface area contributed by atoms with Gasteiger partial charge in [-0.2, -0.15) is 5.10 Å². The standard InChI is InChI=1S/C20H23N5O4/c1-5-29-17(27)10-25-19-18(11(2)22-25)13(9-16(26)21-19)12-6-7-14-15(8-12)24(4)20(28)23(14)3/h6-8,13H,5,9-10H2,1-4H3,(H,21,26). The Morgan fingerprint density at radius 2 is 1.97 bits per heavy atom. The molecule has 1 unspecified atom stereocenters. The quantitative estimate of drug-likeness (QED) is 0.671. The van der Waals surface area contributed by atoms with Gasteiger partial charge in [0.15, 0.2) is 0 Å². The minimum Gasteiger partial charge on any atom is -0.465 e. The Bertz CT molecular complexity index is 1200. The van der Waals surface area contributed by atoms with Crippen LogP contribution >= 0.6 is 0 Å². The molecule has 0 saturated carbocycles. The summed E-state index contributed by atoms with van der Waals surface area (Å²) in [6, 6.07) is 5.79. The normalized spacial score (nSPS) is 16.0. The number of hydrogen-bond acceptors (Lipinski definition) is 5. The van der Waals surface area contributed by atoms with Crippen molar-refractivity contribution in [3.63, 3.8) is 0 Å². The van der Waals surface area contributed by atoms with E-state index in [9.17, 15) is 14.4 Å². The molecule has 0 radical (unpaired) electrons. The smallest absolute Gasteiger partial charge is 0.328 e. The Morgan fingerprint density at radius 1 is 1.24 bits per heavy atom. The highest BCUT2D eigenvalue weighted by Crippen LogP contribution is 2.39. The number of anilines is 1. The average Bonchev–Trinajstić information content (AvgIpc) is 3.10. The van der Waals surface area contributed by atoms with E-state index < -0.39 is 5.97 Å². The van der Waals surface area contributed by atoms with Gasteiger partial charge in [0.1, 0.15) is 12.4 Å². The van der Waals surface area contributed by atoms with Gasteiger partial charge in [0.05, 0.1) is 23.3 Å². The van der Waals surface area contributed by atoms with Gasteiger partial charge in [-0.25, -0.2) is 9.48 Å². The number of aryl methyl sites for hydroxylation is 3. The Morgan fingerprint density at radius 3 is 2.69 bits per heavy atom. The number of rotatable bonds is 4. The number of fused-ring (bicyclic) bond motifs is 2. The van der Waals surface area contributed by atoms with Gasteiger partial charge in [-0.05, 0) is 31.5 Å².